The van der Waals surface area contributed by atoms with Gasteiger partial charge in [-0.25, -0.2) is 8.42 Å². The number of nitrogens with one attached hydrogen (secondary N) is 1. The van der Waals surface area contributed by atoms with Gasteiger partial charge in [-0.2, -0.15) is 0 Å². The molecule has 6 nitrogen and oxygen atoms in total. The van der Waals surface area contributed by atoms with Gasteiger partial charge in [-0.3, -0.25) is 9.59 Å². The molecule has 7 heteroatoms. The van der Waals surface area contributed by atoms with E-state index in [1.165, 1.54) is 7.11 Å². The number of hydrogen-bond acceptors (Lipinski definition) is 5. The Hall–Kier alpha value is -1.11. The Labute approximate surface area is 108 Å². The van der Waals surface area contributed by atoms with Crippen molar-refractivity contribution in [2.24, 2.45) is 0 Å². The van der Waals surface area contributed by atoms with Gasteiger partial charge in [0.2, 0.25) is 5.91 Å². The average Bonchev–Trinajstić information content (AvgIpc) is 2.29. The highest BCUT2D eigenvalue weighted by atomic mass is 32.2. The van der Waals surface area contributed by atoms with Crippen LogP contribution in [0.3, 0.4) is 0 Å². The average molecular weight is 279 g/mol. The van der Waals surface area contributed by atoms with Crippen LogP contribution < -0.4 is 5.32 Å². The Kier molecular flexibility index (Phi) is 8.36. The molecule has 0 aliphatic carbocycles. The first-order valence-corrected chi connectivity index (χ1v) is 7.92. The summed E-state index contributed by atoms with van der Waals surface area (Å²) < 4.78 is 26.1. The van der Waals surface area contributed by atoms with Crippen LogP contribution in [0.1, 0.15) is 32.1 Å². The van der Waals surface area contributed by atoms with Gasteiger partial charge in [0.1, 0.15) is 9.84 Å². The van der Waals surface area contributed by atoms with Crippen molar-refractivity contribution in [3.05, 3.63) is 0 Å². The molecule has 0 radical (unpaired) electrons. The highest BCUT2D eigenvalue weighted by molar-refractivity contribution is 7.90. The van der Waals surface area contributed by atoms with Crippen molar-refractivity contribution < 1.29 is 22.7 Å². The van der Waals surface area contributed by atoms with Gasteiger partial charge in [-0.15, -0.1) is 0 Å². The number of carbonyl (C=O) groups is 2. The number of ether oxygens (including phenoxy) is 1. The minimum absolute atomic E-state index is 0.000986. The maximum Gasteiger partial charge on any atom is 0.305 e. The summed E-state index contributed by atoms with van der Waals surface area (Å²) in [5, 5.41) is 2.64. The van der Waals surface area contributed by atoms with Crippen LogP contribution in [0.15, 0.2) is 0 Å². The second-order valence-electron chi connectivity index (χ2n) is 4.12. The summed E-state index contributed by atoms with van der Waals surface area (Å²) in [6.45, 7) is 0.504. The zero-order valence-corrected chi connectivity index (χ0v) is 11.7. The molecule has 0 spiro atoms. The quantitative estimate of drug-likeness (QED) is 0.483. The van der Waals surface area contributed by atoms with Crippen LogP contribution in [0.4, 0.5) is 0 Å². The van der Waals surface area contributed by atoms with Gasteiger partial charge in [0, 0.05) is 25.6 Å². The SMILES string of the molecule is COC(=O)CCCCCNC(=O)CCS(C)(=O)=O. The number of unbranched alkanes of at least 4 members (excludes halogenated alkanes) is 2. The number of amides is 1. The number of sulfone groups is 1. The third kappa shape index (κ3) is 11.4. The molecule has 1 N–H and O–H groups in total. The van der Waals surface area contributed by atoms with Crippen molar-refractivity contribution in [3.63, 3.8) is 0 Å². The van der Waals surface area contributed by atoms with Crippen LogP contribution in [0.5, 0.6) is 0 Å². The van der Waals surface area contributed by atoms with Gasteiger partial charge in [0.15, 0.2) is 0 Å². The van der Waals surface area contributed by atoms with Crippen molar-refractivity contribution in [1.82, 2.24) is 5.32 Å². The van der Waals surface area contributed by atoms with Gasteiger partial charge in [-0.1, -0.05) is 6.42 Å². The zero-order valence-electron chi connectivity index (χ0n) is 10.9. The van der Waals surface area contributed by atoms with Crippen molar-refractivity contribution in [2.45, 2.75) is 32.1 Å². The van der Waals surface area contributed by atoms with E-state index in [9.17, 15) is 18.0 Å². The van der Waals surface area contributed by atoms with Crippen LogP contribution in [0.25, 0.3) is 0 Å². The largest absolute Gasteiger partial charge is 0.469 e. The van der Waals surface area contributed by atoms with Crippen molar-refractivity contribution >= 4 is 21.7 Å². The van der Waals surface area contributed by atoms with Gasteiger partial charge in [-0.05, 0) is 12.8 Å². The van der Waals surface area contributed by atoms with E-state index in [-0.39, 0.29) is 24.1 Å². The molecule has 0 unspecified atom stereocenters. The third-order valence-electron chi connectivity index (χ3n) is 2.31. The minimum atomic E-state index is -3.08. The Morgan fingerprint density at radius 2 is 1.78 bits per heavy atom. The van der Waals surface area contributed by atoms with Crippen molar-refractivity contribution in [1.29, 1.82) is 0 Å². The summed E-state index contributed by atoms with van der Waals surface area (Å²) in [5.74, 6) is -0.609. The van der Waals surface area contributed by atoms with Gasteiger partial charge >= 0.3 is 5.97 Å². The van der Waals surface area contributed by atoms with Crippen LogP contribution >= 0.6 is 0 Å². The molecule has 0 heterocycles. The van der Waals surface area contributed by atoms with Gasteiger partial charge < -0.3 is 10.1 Å². The number of rotatable bonds is 9. The number of methoxy groups -OCH3 is 1. The van der Waals surface area contributed by atoms with Gasteiger partial charge in [0.25, 0.3) is 0 Å². The van der Waals surface area contributed by atoms with E-state index in [1.54, 1.807) is 0 Å². The topological polar surface area (TPSA) is 89.5 Å². The fraction of sp³-hybridized carbons (Fsp3) is 0.818. The molecular formula is C11H21NO5S. The zero-order chi connectivity index (χ0) is 14.0. The maximum absolute atomic E-state index is 11.2. The number of carbonyl (C=O) groups excluding carboxylic acids is 2. The lowest BCUT2D eigenvalue weighted by Gasteiger charge is -2.04. The second-order valence-corrected chi connectivity index (χ2v) is 6.38. The summed E-state index contributed by atoms with van der Waals surface area (Å²) >= 11 is 0. The molecule has 0 saturated heterocycles. The third-order valence-corrected chi connectivity index (χ3v) is 3.25. The van der Waals surface area contributed by atoms with E-state index in [4.69, 9.17) is 0 Å². The molecule has 0 rings (SSSR count). The summed E-state index contributed by atoms with van der Waals surface area (Å²) in [6, 6.07) is 0. The van der Waals surface area contributed by atoms with E-state index in [1.807, 2.05) is 0 Å². The first-order valence-electron chi connectivity index (χ1n) is 5.86. The van der Waals surface area contributed by atoms with E-state index in [2.05, 4.69) is 10.1 Å². The molecule has 0 aromatic rings. The highest BCUT2D eigenvalue weighted by Gasteiger charge is 2.07. The summed E-state index contributed by atoms with van der Waals surface area (Å²) in [5.41, 5.74) is 0. The molecular weight excluding hydrogens is 258 g/mol. The van der Waals surface area contributed by atoms with E-state index in [0.717, 1.165) is 25.5 Å². The fourth-order valence-electron chi connectivity index (χ4n) is 1.27. The Morgan fingerprint density at radius 1 is 1.11 bits per heavy atom. The summed E-state index contributed by atoms with van der Waals surface area (Å²) in [6.07, 6.45) is 3.81. The molecule has 0 aliphatic rings. The van der Waals surface area contributed by atoms with Crippen LogP contribution in [0, 0.1) is 0 Å². The molecule has 106 valence electrons. The van der Waals surface area contributed by atoms with Crippen molar-refractivity contribution in [2.75, 3.05) is 25.7 Å². The molecule has 0 saturated carbocycles. The first kappa shape index (κ1) is 16.9. The lowest BCUT2D eigenvalue weighted by Crippen LogP contribution is -2.26. The van der Waals surface area contributed by atoms with Crippen molar-refractivity contribution in [3.8, 4) is 0 Å². The summed E-state index contributed by atoms with van der Waals surface area (Å²) in [7, 11) is -1.73. The predicted octanol–water partition coefficient (Wildman–Crippen LogP) is 0.271. The fourth-order valence-corrected chi connectivity index (χ4v) is 1.82. The minimum Gasteiger partial charge on any atom is -0.469 e. The summed E-state index contributed by atoms with van der Waals surface area (Å²) in [4.78, 5) is 22.0. The number of hydrogen-bond donors (Lipinski definition) is 1. The van der Waals surface area contributed by atoms with E-state index >= 15 is 0 Å². The molecule has 0 aromatic carbocycles. The van der Waals surface area contributed by atoms with E-state index in [0.29, 0.717) is 13.0 Å². The lowest BCUT2D eigenvalue weighted by molar-refractivity contribution is -0.140. The molecule has 1 amide bonds. The monoisotopic (exact) mass is 279 g/mol. The first-order chi connectivity index (χ1) is 8.35. The molecule has 0 aromatic heterocycles. The molecule has 0 bridgehead atoms. The van der Waals surface area contributed by atoms with Crippen LogP contribution in [0.2, 0.25) is 0 Å². The highest BCUT2D eigenvalue weighted by Crippen LogP contribution is 2.00. The molecule has 18 heavy (non-hydrogen) atoms. The van der Waals surface area contributed by atoms with Gasteiger partial charge in [0.05, 0.1) is 12.9 Å². The lowest BCUT2D eigenvalue weighted by atomic mass is 10.2. The maximum atomic E-state index is 11.2. The predicted molar refractivity (Wildman–Crippen MR) is 67.8 cm³/mol. The molecule has 0 fully saturated rings. The standard InChI is InChI=1S/C11H21NO5S/c1-17-11(14)6-4-3-5-8-12-10(13)7-9-18(2,15)16/h3-9H2,1-2H3,(H,12,13). The van der Waals surface area contributed by atoms with Crippen LogP contribution in [-0.2, 0) is 24.2 Å². The number of esters is 1. The normalized spacial score (nSPS) is 11.0. The van der Waals surface area contributed by atoms with Crippen LogP contribution in [-0.4, -0.2) is 46.0 Å². The second kappa shape index (κ2) is 8.91. The smallest absolute Gasteiger partial charge is 0.305 e. The molecule has 0 atom stereocenters. The Bertz CT molecular complexity index is 364. The van der Waals surface area contributed by atoms with E-state index < -0.39 is 9.84 Å². The Balaban J connectivity index is 3.44. The Morgan fingerprint density at radius 3 is 2.33 bits per heavy atom. The molecule has 0 aliphatic heterocycles.